The summed E-state index contributed by atoms with van der Waals surface area (Å²) in [6.07, 6.45) is 15.4. The maximum Gasteiger partial charge on any atom is 0.0962 e. The van der Waals surface area contributed by atoms with Gasteiger partial charge in [0.15, 0.2) is 0 Å². The number of rotatable bonds is 6. The molecule has 0 bridgehead atoms. The lowest BCUT2D eigenvalue weighted by atomic mass is 9.90. The van der Waals surface area contributed by atoms with E-state index in [0.29, 0.717) is 5.92 Å². The molecule has 0 amide bonds. The highest BCUT2D eigenvalue weighted by molar-refractivity contribution is 8.00. The Hall–Kier alpha value is -1.79. The highest BCUT2D eigenvalue weighted by atomic mass is 32.2. The van der Waals surface area contributed by atoms with Gasteiger partial charge >= 0.3 is 0 Å². The fourth-order valence-corrected chi connectivity index (χ4v) is 6.29. The first kappa shape index (κ1) is 18.3. The average molecular weight is 411 g/mol. The third-order valence-corrected chi connectivity index (χ3v) is 8.13. The number of hydrogen-bond acceptors (Lipinski definition) is 5. The molecule has 5 rings (SSSR count). The molecule has 0 spiro atoms. The van der Waals surface area contributed by atoms with Gasteiger partial charge in [-0.25, -0.2) is 4.98 Å². The predicted octanol–water partition coefficient (Wildman–Crippen LogP) is 6.59. The van der Waals surface area contributed by atoms with Crippen molar-refractivity contribution in [2.75, 3.05) is 5.32 Å². The summed E-state index contributed by atoms with van der Waals surface area (Å²) in [5.74, 6) is 0.679. The quantitative estimate of drug-likeness (QED) is 0.498. The van der Waals surface area contributed by atoms with Gasteiger partial charge in [-0.05, 0) is 37.8 Å². The van der Waals surface area contributed by atoms with E-state index >= 15 is 0 Å². The highest BCUT2D eigenvalue weighted by Crippen LogP contribution is 2.46. The Morgan fingerprint density at radius 2 is 1.93 bits per heavy atom. The molecule has 2 heterocycles. The van der Waals surface area contributed by atoms with Crippen molar-refractivity contribution in [3.05, 3.63) is 41.8 Å². The SMILES string of the molecule is Cn1cc(Nc2ccc(-c3cnc(C4CCCCC4)s3)c(SC3CC3)c2)cn1. The molecule has 0 atom stereocenters. The van der Waals surface area contributed by atoms with Crippen LogP contribution in [0.3, 0.4) is 0 Å². The van der Waals surface area contributed by atoms with Crippen molar-refractivity contribution in [1.29, 1.82) is 0 Å². The maximum atomic E-state index is 4.83. The molecule has 0 saturated heterocycles. The van der Waals surface area contributed by atoms with Gasteiger partial charge in [-0.15, -0.1) is 23.1 Å². The van der Waals surface area contributed by atoms with Crippen LogP contribution in [0.4, 0.5) is 11.4 Å². The molecule has 2 aromatic heterocycles. The molecule has 28 heavy (non-hydrogen) atoms. The van der Waals surface area contributed by atoms with E-state index in [1.165, 1.54) is 65.3 Å². The van der Waals surface area contributed by atoms with Gasteiger partial charge < -0.3 is 5.32 Å². The molecule has 0 radical (unpaired) electrons. The molecule has 1 N–H and O–H groups in total. The second-order valence-electron chi connectivity index (χ2n) is 7.95. The van der Waals surface area contributed by atoms with E-state index in [9.17, 15) is 0 Å². The minimum Gasteiger partial charge on any atom is -0.353 e. The topological polar surface area (TPSA) is 42.7 Å². The number of aromatic nitrogens is 3. The standard InChI is InChI=1S/C22H26N4S2/c1-26-14-17(12-24-26)25-16-7-10-19(20(11-16)27-18-8-9-18)21-13-23-22(28-21)15-5-3-2-4-6-15/h7,10-15,18,25H,2-6,8-9H2,1H3. The van der Waals surface area contributed by atoms with E-state index in [4.69, 9.17) is 4.98 Å². The molecule has 2 aliphatic rings. The number of thiazole rings is 1. The van der Waals surface area contributed by atoms with Crippen LogP contribution in [0.25, 0.3) is 10.4 Å². The van der Waals surface area contributed by atoms with E-state index < -0.39 is 0 Å². The maximum absolute atomic E-state index is 4.83. The number of benzene rings is 1. The molecule has 6 heteroatoms. The summed E-state index contributed by atoms with van der Waals surface area (Å²) >= 11 is 3.93. The zero-order valence-electron chi connectivity index (χ0n) is 16.2. The van der Waals surface area contributed by atoms with Gasteiger partial charge in [0.1, 0.15) is 0 Å². The molecule has 2 aliphatic carbocycles. The summed E-state index contributed by atoms with van der Waals surface area (Å²) in [6, 6.07) is 6.74. The van der Waals surface area contributed by atoms with Crippen molar-refractivity contribution in [1.82, 2.24) is 14.8 Å². The molecule has 0 unspecified atom stereocenters. The summed E-state index contributed by atoms with van der Waals surface area (Å²) in [5.41, 5.74) is 3.49. The average Bonchev–Trinajstić information content (AvgIpc) is 3.22. The molecular formula is C22H26N4S2. The van der Waals surface area contributed by atoms with Crippen molar-refractivity contribution in [3.63, 3.8) is 0 Å². The van der Waals surface area contributed by atoms with Crippen LogP contribution in [0, 0.1) is 0 Å². The van der Waals surface area contributed by atoms with E-state index in [1.54, 1.807) is 0 Å². The van der Waals surface area contributed by atoms with Crippen LogP contribution in [-0.2, 0) is 7.05 Å². The zero-order chi connectivity index (χ0) is 18.9. The lowest BCUT2D eigenvalue weighted by Crippen LogP contribution is -2.03. The molecule has 3 aromatic rings. The molecular weight excluding hydrogens is 384 g/mol. The fraction of sp³-hybridized carbons (Fsp3) is 0.455. The van der Waals surface area contributed by atoms with Gasteiger partial charge in [-0.1, -0.05) is 25.3 Å². The number of anilines is 2. The Kier molecular flexibility index (Phi) is 5.16. The summed E-state index contributed by atoms with van der Waals surface area (Å²) in [7, 11) is 1.94. The minimum absolute atomic E-state index is 0.679. The van der Waals surface area contributed by atoms with Crippen molar-refractivity contribution in [3.8, 4) is 10.4 Å². The van der Waals surface area contributed by atoms with Crippen LogP contribution in [0.15, 0.2) is 41.7 Å². The summed E-state index contributed by atoms with van der Waals surface area (Å²) in [6.45, 7) is 0. The van der Waals surface area contributed by atoms with E-state index in [0.717, 1.165) is 16.6 Å². The van der Waals surface area contributed by atoms with Crippen LogP contribution < -0.4 is 5.32 Å². The van der Waals surface area contributed by atoms with Crippen molar-refractivity contribution < 1.29 is 0 Å². The van der Waals surface area contributed by atoms with Crippen LogP contribution in [-0.4, -0.2) is 20.0 Å². The molecule has 2 fully saturated rings. The Labute approximate surface area is 174 Å². The van der Waals surface area contributed by atoms with Gasteiger partial charge in [0.25, 0.3) is 0 Å². The molecule has 1 aromatic carbocycles. The predicted molar refractivity (Wildman–Crippen MR) is 119 cm³/mol. The van der Waals surface area contributed by atoms with Gasteiger partial charge in [0.2, 0.25) is 0 Å². The monoisotopic (exact) mass is 410 g/mol. The van der Waals surface area contributed by atoms with E-state index in [-0.39, 0.29) is 0 Å². The van der Waals surface area contributed by atoms with Crippen LogP contribution >= 0.6 is 23.1 Å². The lowest BCUT2D eigenvalue weighted by Gasteiger charge is -2.18. The first-order valence-electron chi connectivity index (χ1n) is 10.3. The third kappa shape index (κ3) is 4.13. The van der Waals surface area contributed by atoms with Crippen molar-refractivity contribution in [2.45, 2.75) is 61.0 Å². The van der Waals surface area contributed by atoms with E-state index in [1.807, 2.05) is 47.2 Å². The van der Waals surface area contributed by atoms with E-state index in [2.05, 4.69) is 34.8 Å². The molecule has 4 nitrogen and oxygen atoms in total. The van der Waals surface area contributed by atoms with Crippen LogP contribution in [0.5, 0.6) is 0 Å². The van der Waals surface area contributed by atoms with Gasteiger partial charge in [-0.2, -0.15) is 5.10 Å². The Balaban J connectivity index is 1.42. The molecule has 146 valence electrons. The Bertz CT molecular complexity index is 951. The highest BCUT2D eigenvalue weighted by Gasteiger charge is 2.25. The molecule has 2 saturated carbocycles. The normalized spacial score (nSPS) is 17.8. The Morgan fingerprint density at radius 3 is 2.68 bits per heavy atom. The second kappa shape index (κ2) is 7.91. The smallest absolute Gasteiger partial charge is 0.0962 e. The van der Waals surface area contributed by atoms with Gasteiger partial charge in [0, 0.05) is 46.8 Å². The third-order valence-electron chi connectivity index (χ3n) is 5.54. The van der Waals surface area contributed by atoms with Crippen molar-refractivity contribution >= 4 is 34.5 Å². The minimum atomic E-state index is 0.679. The summed E-state index contributed by atoms with van der Waals surface area (Å²) < 4.78 is 1.82. The number of thioether (sulfide) groups is 1. The number of nitrogens with one attached hydrogen (secondary N) is 1. The summed E-state index contributed by atoms with van der Waals surface area (Å²) in [4.78, 5) is 7.51. The first-order chi connectivity index (χ1) is 13.7. The van der Waals surface area contributed by atoms with Crippen LogP contribution in [0.2, 0.25) is 0 Å². The van der Waals surface area contributed by atoms with Gasteiger partial charge in [-0.3, -0.25) is 4.68 Å². The summed E-state index contributed by atoms with van der Waals surface area (Å²) in [5, 5.41) is 9.85. The lowest BCUT2D eigenvalue weighted by molar-refractivity contribution is 0.442. The fourth-order valence-electron chi connectivity index (χ4n) is 3.87. The zero-order valence-corrected chi connectivity index (χ0v) is 17.9. The number of aryl methyl sites for hydroxylation is 1. The Morgan fingerprint density at radius 1 is 1.07 bits per heavy atom. The van der Waals surface area contributed by atoms with Gasteiger partial charge in [0.05, 0.1) is 21.8 Å². The second-order valence-corrected chi connectivity index (χ2v) is 10.4. The first-order valence-corrected chi connectivity index (χ1v) is 12.0. The molecule has 0 aliphatic heterocycles. The van der Waals surface area contributed by atoms with Crippen molar-refractivity contribution in [2.24, 2.45) is 7.05 Å². The van der Waals surface area contributed by atoms with Crippen LogP contribution in [0.1, 0.15) is 55.9 Å². The largest absolute Gasteiger partial charge is 0.353 e. The number of nitrogens with zero attached hydrogens (tertiary/aromatic N) is 3. The number of hydrogen-bond donors (Lipinski definition) is 1.